The van der Waals surface area contributed by atoms with E-state index in [0.29, 0.717) is 5.92 Å². The summed E-state index contributed by atoms with van der Waals surface area (Å²) in [7, 11) is 0. The second-order valence-electron chi connectivity index (χ2n) is 6.26. The molecule has 0 saturated carbocycles. The summed E-state index contributed by atoms with van der Waals surface area (Å²) < 4.78 is 2.00. The van der Waals surface area contributed by atoms with Crippen molar-refractivity contribution in [3.8, 4) is 5.69 Å². The second-order valence-corrected chi connectivity index (χ2v) is 6.26. The van der Waals surface area contributed by atoms with E-state index in [1.54, 1.807) is 0 Å². The molecule has 2 aromatic heterocycles. The smallest absolute Gasteiger partial charge is 0.151 e. The molecule has 1 atom stereocenters. The fourth-order valence-corrected chi connectivity index (χ4v) is 2.87. The van der Waals surface area contributed by atoms with Crippen LogP contribution in [0.1, 0.15) is 44.8 Å². The third kappa shape index (κ3) is 3.53. The highest BCUT2D eigenvalue weighted by atomic mass is 15.4. The van der Waals surface area contributed by atoms with Crippen LogP contribution in [0, 0.1) is 5.92 Å². The van der Waals surface area contributed by atoms with Gasteiger partial charge in [-0.1, -0.05) is 20.3 Å². The minimum Gasteiger partial charge on any atom is -0.296 e. The first-order valence-corrected chi connectivity index (χ1v) is 8.34. The molecule has 1 fully saturated rings. The molecule has 0 unspecified atom stereocenters. The predicted molar refractivity (Wildman–Crippen MR) is 86.8 cm³/mol. The molecule has 0 N–H and O–H groups in total. The van der Waals surface area contributed by atoms with Crippen LogP contribution in [-0.4, -0.2) is 37.7 Å². The van der Waals surface area contributed by atoms with Crippen molar-refractivity contribution in [2.45, 2.75) is 46.1 Å². The van der Waals surface area contributed by atoms with Crippen molar-refractivity contribution in [1.29, 1.82) is 0 Å². The zero-order valence-corrected chi connectivity index (χ0v) is 13.6. The van der Waals surface area contributed by atoms with Gasteiger partial charge in [-0.2, -0.15) is 5.10 Å². The number of aromatic nitrogens is 4. The van der Waals surface area contributed by atoms with Crippen molar-refractivity contribution >= 4 is 0 Å². The molecule has 118 valence electrons. The number of pyridine rings is 1. The molecule has 0 aromatic carbocycles. The predicted octanol–water partition coefficient (Wildman–Crippen LogP) is 2.85. The number of hydrogen-bond acceptors (Lipinski definition) is 4. The maximum absolute atomic E-state index is 4.83. The monoisotopic (exact) mass is 299 g/mol. The Balaban J connectivity index is 1.87. The fourth-order valence-electron chi connectivity index (χ4n) is 2.87. The summed E-state index contributed by atoms with van der Waals surface area (Å²) in [4.78, 5) is 11.4. The Kier molecular flexibility index (Phi) is 4.83. The van der Waals surface area contributed by atoms with Gasteiger partial charge in [-0.05, 0) is 44.0 Å². The summed E-state index contributed by atoms with van der Waals surface area (Å²) in [5, 5.41) is 4.76. The summed E-state index contributed by atoms with van der Waals surface area (Å²) in [6, 6.07) is 3.99. The minimum absolute atomic E-state index is 0.618. The molecule has 2 aromatic rings. The van der Waals surface area contributed by atoms with Crippen LogP contribution in [0.2, 0.25) is 0 Å². The zero-order valence-electron chi connectivity index (χ0n) is 13.6. The molecule has 3 heterocycles. The lowest BCUT2D eigenvalue weighted by Gasteiger charge is -2.14. The lowest BCUT2D eigenvalue weighted by molar-refractivity contribution is 0.319. The molecule has 3 rings (SSSR count). The Bertz CT molecular complexity index is 586. The normalized spacial score (nSPS) is 17.0. The number of likely N-dealkylation sites (tertiary alicyclic amines) is 1. The summed E-state index contributed by atoms with van der Waals surface area (Å²) in [5.41, 5.74) is 1.05. The first kappa shape index (κ1) is 15.2. The minimum atomic E-state index is 0.618. The van der Waals surface area contributed by atoms with Gasteiger partial charge in [0, 0.05) is 18.8 Å². The molecule has 0 aliphatic carbocycles. The molecule has 1 saturated heterocycles. The summed E-state index contributed by atoms with van der Waals surface area (Å²) in [6.45, 7) is 7.70. The lowest BCUT2D eigenvalue weighted by Crippen LogP contribution is -2.21. The first-order valence-electron chi connectivity index (χ1n) is 8.34. The van der Waals surface area contributed by atoms with Gasteiger partial charge in [0.2, 0.25) is 0 Å². The van der Waals surface area contributed by atoms with E-state index in [0.717, 1.165) is 36.7 Å². The Morgan fingerprint density at radius 1 is 1.18 bits per heavy atom. The summed E-state index contributed by atoms with van der Waals surface area (Å²) in [5.74, 6) is 2.62. The van der Waals surface area contributed by atoms with Crippen LogP contribution in [0.15, 0.2) is 24.5 Å². The van der Waals surface area contributed by atoms with Crippen molar-refractivity contribution < 1.29 is 0 Å². The molecule has 22 heavy (non-hydrogen) atoms. The molecule has 0 spiro atoms. The highest BCUT2D eigenvalue weighted by Crippen LogP contribution is 2.16. The molecule has 0 bridgehead atoms. The lowest BCUT2D eigenvalue weighted by atomic mass is 10.1. The molecular weight excluding hydrogens is 274 g/mol. The molecule has 1 aliphatic heterocycles. The quantitative estimate of drug-likeness (QED) is 0.823. The van der Waals surface area contributed by atoms with E-state index in [4.69, 9.17) is 10.1 Å². The van der Waals surface area contributed by atoms with E-state index in [2.05, 4.69) is 23.7 Å². The van der Waals surface area contributed by atoms with Gasteiger partial charge in [-0.15, -0.1) is 0 Å². The first-order chi connectivity index (χ1) is 10.8. The van der Waals surface area contributed by atoms with E-state index < -0.39 is 0 Å². The van der Waals surface area contributed by atoms with Gasteiger partial charge in [-0.3, -0.25) is 9.88 Å². The van der Waals surface area contributed by atoms with E-state index in [1.165, 1.54) is 25.9 Å². The summed E-state index contributed by atoms with van der Waals surface area (Å²) in [6.07, 6.45) is 8.31. The van der Waals surface area contributed by atoms with Crippen LogP contribution < -0.4 is 0 Å². The van der Waals surface area contributed by atoms with E-state index in [1.807, 2.05) is 29.2 Å². The van der Waals surface area contributed by atoms with Gasteiger partial charge in [0.15, 0.2) is 5.82 Å². The van der Waals surface area contributed by atoms with Gasteiger partial charge < -0.3 is 0 Å². The Hall–Kier alpha value is -1.75. The molecule has 5 nitrogen and oxygen atoms in total. The van der Waals surface area contributed by atoms with Crippen LogP contribution in [0.4, 0.5) is 0 Å². The Morgan fingerprint density at radius 2 is 1.91 bits per heavy atom. The largest absolute Gasteiger partial charge is 0.296 e. The molecular formula is C17H25N5. The standard InChI is InChI=1S/C17H25N5/c1-3-14(2)12-16-19-17(13-21-10-4-5-11-21)22(20-16)15-6-8-18-9-7-15/h6-9,14H,3-5,10-13H2,1-2H3/t14-/m0/s1. The average molecular weight is 299 g/mol. The van der Waals surface area contributed by atoms with Crippen LogP contribution in [0.3, 0.4) is 0 Å². The maximum Gasteiger partial charge on any atom is 0.151 e. The SMILES string of the molecule is CC[C@H](C)Cc1nc(CN2CCCC2)n(-c2ccncc2)n1. The van der Waals surface area contributed by atoms with Crippen molar-refractivity contribution in [2.75, 3.05) is 13.1 Å². The maximum atomic E-state index is 4.83. The van der Waals surface area contributed by atoms with Gasteiger partial charge in [0.25, 0.3) is 0 Å². The Morgan fingerprint density at radius 3 is 2.59 bits per heavy atom. The van der Waals surface area contributed by atoms with Gasteiger partial charge in [0.05, 0.1) is 12.2 Å². The van der Waals surface area contributed by atoms with Gasteiger partial charge in [-0.25, -0.2) is 9.67 Å². The summed E-state index contributed by atoms with van der Waals surface area (Å²) >= 11 is 0. The van der Waals surface area contributed by atoms with E-state index in [-0.39, 0.29) is 0 Å². The molecule has 0 amide bonds. The number of nitrogens with zero attached hydrogens (tertiary/aromatic N) is 5. The molecule has 1 aliphatic rings. The van der Waals surface area contributed by atoms with Crippen molar-refractivity contribution in [2.24, 2.45) is 5.92 Å². The topological polar surface area (TPSA) is 46.8 Å². The van der Waals surface area contributed by atoms with Crippen LogP contribution >= 0.6 is 0 Å². The van der Waals surface area contributed by atoms with Crippen molar-refractivity contribution in [3.63, 3.8) is 0 Å². The van der Waals surface area contributed by atoms with Gasteiger partial charge >= 0.3 is 0 Å². The zero-order chi connectivity index (χ0) is 15.4. The highest BCUT2D eigenvalue weighted by molar-refractivity contribution is 5.28. The second kappa shape index (κ2) is 7.01. The van der Waals surface area contributed by atoms with Gasteiger partial charge in [0.1, 0.15) is 5.82 Å². The molecule has 5 heteroatoms. The molecule has 0 radical (unpaired) electrons. The number of rotatable bonds is 6. The van der Waals surface area contributed by atoms with Crippen molar-refractivity contribution in [3.05, 3.63) is 36.2 Å². The third-order valence-electron chi connectivity index (χ3n) is 4.42. The van der Waals surface area contributed by atoms with Crippen LogP contribution in [0.25, 0.3) is 5.69 Å². The Labute approximate surface area is 132 Å². The average Bonchev–Trinajstić information content (AvgIpc) is 3.18. The van der Waals surface area contributed by atoms with Crippen LogP contribution in [-0.2, 0) is 13.0 Å². The van der Waals surface area contributed by atoms with E-state index in [9.17, 15) is 0 Å². The van der Waals surface area contributed by atoms with Crippen LogP contribution in [0.5, 0.6) is 0 Å². The van der Waals surface area contributed by atoms with E-state index >= 15 is 0 Å². The fraction of sp³-hybridized carbons (Fsp3) is 0.588. The third-order valence-corrected chi connectivity index (χ3v) is 4.42. The highest BCUT2D eigenvalue weighted by Gasteiger charge is 2.18. The number of hydrogen-bond donors (Lipinski definition) is 0. The van der Waals surface area contributed by atoms with Crippen molar-refractivity contribution in [1.82, 2.24) is 24.6 Å².